The van der Waals surface area contributed by atoms with Crippen LogP contribution in [0.5, 0.6) is 5.75 Å². The van der Waals surface area contributed by atoms with Gasteiger partial charge in [-0.3, -0.25) is 14.3 Å². The van der Waals surface area contributed by atoms with Gasteiger partial charge >= 0.3 is 5.69 Å². The monoisotopic (exact) mass is 380 g/mol. The van der Waals surface area contributed by atoms with Crippen molar-refractivity contribution in [2.45, 2.75) is 26.5 Å². The predicted molar refractivity (Wildman–Crippen MR) is 108 cm³/mol. The molecule has 0 unspecified atom stereocenters. The summed E-state index contributed by atoms with van der Waals surface area (Å²) in [7, 11) is 0. The Morgan fingerprint density at radius 2 is 1.61 bits per heavy atom. The standard InChI is InChI=1S/C22H24N2O4/c1-2-19-20(15-17-9-5-3-6-10-17)24(22(26)23-21(19)25)16-27-13-14-28-18-11-7-4-8-12-18/h3-12H,2,13-16H2,1H3,(H,23,25,26). The maximum absolute atomic E-state index is 12.4. The number of para-hydroxylation sites is 1. The lowest BCUT2D eigenvalue weighted by Crippen LogP contribution is -2.36. The smallest absolute Gasteiger partial charge is 0.330 e. The maximum Gasteiger partial charge on any atom is 0.330 e. The maximum atomic E-state index is 12.4. The molecule has 0 spiro atoms. The van der Waals surface area contributed by atoms with Crippen LogP contribution in [0.15, 0.2) is 70.3 Å². The number of ether oxygens (including phenoxy) is 2. The average molecular weight is 380 g/mol. The van der Waals surface area contributed by atoms with Crippen LogP contribution in [-0.4, -0.2) is 22.8 Å². The molecule has 3 rings (SSSR count). The van der Waals surface area contributed by atoms with Crippen LogP contribution in [0.25, 0.3) is 0 Å². The molecule has 0 aliphatic rings. The molecule has 0 saturated heterocycles. The topological polar surface area (TPSA) is 73.3 Å². The summed E-state index contributed by atoms with van der Waals surface area (Å²) < 4.78 is 12.7. The van der Waals surface area contributed by atoms with Gasteiger partial charge in [0.1, 0.15) is 19.1 Å². The Balaban J connectivity index is 1.72. The second-order valence-corrected chi connectivity index (χ2v) is 6.33. The van der Waals surface area contributed by atoms with Gasteiger partial charge in [0.05, 0.1) is 6.61 Å². The normalized spacial score (nSPS) is 10.8. The zero-order valence-electron chi connectivity index (χ0n) is 15.9. The van der Waals surface area contributed by atoms with E-state index in [1.54, 1.807) is 0 Å². The van der Waals surface area contributed by atoms with Crippen molar-refractivity contribution in [1.82, 2.24) is 9.55 Å². The van der Waals surface area contributed by atoms with E-state index < -0.39 is 5.69 Å². The van der Waals surface area contributed by atoms with Gasteiger partial charge in [-0.2, -0.15) is 0 Å². The Labute approximate surface area is 163 Å². The Bertz CT molecular complexity index is 995. The number of nitrogens with one attached hydrogen (secondary N) is 1. The molecule has 0 aliphatic heterocycles. The lowest BCUT2D eigenvalue weighted by Gasteiger charge is -2.16. The lowest BCUT2D eigenvalue weighted by atomic mass is 10.0. The van der Waals surface area contributed by atoms with Crippen molar-refractivity contribution in [1.29, 1.82) is 0 Å². The van der Waals surface area contributed by atoms with Crippen LogP contribution in [0, 0.1) is 0 Å². The first-order valence-electron chi connectivity index (χ1n) is 9.33. The minimum atomic E-state index is -0.461. The fourth-order valence-electron chi connectivity index (χ4n) is 3.04. The highest BCUT2D eigenvalue weighted by Gasteiger charge is 2.14. The third-order valence-corrected chi connectivity index (χ3v) is 4.44. The van der Waals surface area contributed by atoms with Gasteiger partial charge in [0.25, 0.3) is 5.56 Å². The van der Waals surface area contributed by atoms with E-state index in [0.717, 1.165) is 11.3 Å². The largest absolute Gasteiger partial charge is 0.491 e. The fraction of sp³-hybridized carbons (Fsp3) is 0.273. The molecule has 0 bridgehead atoms. The van der Waals surface area contributed by atoms with Gasteiger partial charge in [-0.25, -0.2) is 4.79 Å². The van der Waals surface area contributed by atoms with E-state index in [1.165, 1.54) is 4.57 Å². The number of aromatic amines is 1. The predicted octanol–water partition coefficient (Wildman–Crippen LogP) is 2.74. The van der Waals surface area contributed by atoms with Crippen molar-refractivity contribution in [3.8, 4) is 5.75 Å². The third kappa shape index (κ3) is 4.98. The number of hydrogen-bond donors (Lipinski definition) is 1. The van der Waals surface area contributed by atoms with Crippen LogP contribution in [0.2, 0.25) is 0 Å². The minimum absolute atomic E-state index is 0.0585. The van der Waals surface area contributed by atoms with Gasteiger partial charge < -0.3 is 9.47 Å². The van der Waals surface area contributed by atoms with Crippen molar-refractivity contribution in [2.24, 2.45) is 0 Å². The molecule has 1 aromatic heterocycles. The van der Waals surface area contributed by atoms with Crippen LogP contribution in [0.4, 0.5) is 0 Å². The van der Waals surface area contributed by atoms with Gasteiger partial charge in [-0.1, -0.05) is 55.5 Å². The molecule has 0 radical (unpaired) electrons. The SMILES string of the molecule is CCc1c(Cc2ccccc2)n(COCCOc2ccccc2)c(=O)[nH]c1=O. The number of rotatable bonds is 9. The molecule has 146 valence electrons. The van der Waals surface area contributed by atoms with Crippen molar-refractivity contribution in [3.05, 3.63) is 98.3 Å². The highest BCUT2D eigenvalue weighted by Crippen LogP contribution is 2.12. The second kappa shape index (κ2) is 9.71. The molecular weight excluding hydrogens is 356 g/mol. The molecule has 3 aromatic rings. The third-order valence-electron chi connectivity index (χ3n) is 4.44. The van der Waals surface area contributed by atoms with Gasteiger partial charge in [0, 0.05) is 17.7 Å². The molecule has 0 amide bonds. The zero-order valence-corrected chi connectivity index (χ0v) is 15.9. The molecule has 1 heterocycles. The number of nitrogens with zero attached hydrogens (tertiary/aromatic N) is 1. The fourth-order valence-corrected chi connectivity index (χ4v) is 3.04. The molecule has 2 aromatic carbocycles. The number of hydrogen-bond acceptors (Lipinski definition) is 4. The summed E-state index contributed by atoms with van der Waals surface area (Å²) in [6, 6.07) is 19.2. The molecule has 0 aliphatic carbocycles. The first-order valence-corrected chi connectivity index (χ1v) is 9.33. The molecule has 0 saturated carbocycles. The molecule has 28 heavy (non-hydrogen) atoms. The Hall–Kier alpha value is -3.12. The van der Waals surface area contributed by atoms with Crippen LogP contribution in [0.1, 0.15) is 23.7 Å². The summed E-state index contributed by atoms with van der Waals surface area (Å²) in [4.78, 5) is 27.0. The number of aromatic nitrogens is 2. The van der Waals surface area contributed by atoms with E-state index >= 15 is 0 Å². The van der Waals surface area contributed by atoms with Crippen LogP contribution in [-0.2, 0) is 24.3 Å². The number of H-pyrrole nitrogens is 1. The molecule has 6 heteroatoms. The van der Waals surface area contributed by atoms with E-state index in [9.17, 15) is 9.59 Å². The highest BCUT2D eigenvalue weighted by molar-refractivity contribution is 5.27. The summed E-state index contributed by atoms with van der Waals surface area (Å²) in [5.41, 5.74) is 1.53. The summed E-state index contributed by atoms with van der Waals surface area (Å²) in [5, 5.41) is 0. The Morgan fingerprint density at radius 1 is 0.929 bits per heavy atom. The Kier molecular flexibility index (Phi) is 6.81. The first kappa shape index (κ1) is 19.6. The summed E-state index contributed by atoms with van der Waals surface area (Å²) in [5.74, 6) is 0.769. The molecule has 0 atom stereocenters. The van der Waals surface area contributed by atoms with E-state index in [-0.39, 0.29) is 12.3 Å². The van der Waals surface area contributed by atoms with Crippen LogP contribution in [0.3, 0.4) is 0 Å². The van der Waals surface area contributed by atoms with Crippen LogP contribution < -0.4 is 16.0 Å². The lowest BCUT2D eigenvalue weighted by molar-refractivity contribution is 0.0497. The van der Waals surface area contributed by atoms with E-state index in [2.05, 4.69) is 4.98 Å². The summed E-state index contributed by atoms with van der Waals surface area (Å²) in [6.07, 6.45) is 1.03. The quantitative estimate of drug-likeness (QED) is 0.580. The molecule has 6 nitrogen and oxygen atoms in total. The minimum Gasteiger partial charge on any atom is -0.491 e. The van der Waals surface area contributed by atoms with E-state index in [0.29, 0.717) is 37.3 Å². The summed E-state index contributed by atoms with van der Waals surface area (Å²) in [6.45, 7) is 2.66. The van der Waals surface area contributed by atoms with Gasteiger partial charge in [0.15, 0.2) is 0 Å². The second-order valence-electron chi connectivity index (χ2n) is 6.33. The van der Waals surface area contributed by atoms with E-state index in [4.69, 9.17) is 9.47 Å². The van der Waals surface area contributed by atoms with Gasteiger partial charge in [-0.05, 0) is 24.1 Å². The molecule has 1 N–H and O–H groups in total. The van der Waals surface area contributed by atoms with Crippen molar-refractivity contribution in [3.63, 3.8) is 0 Å². The molecule has 0 fully saturated rings. The zero-order chi connectivity index (χ0) is 19.8. The Morgan fingerprint density at radius 3 is 2.29 bits per heavy atom. The van der Waals surface area contributed by atoms with E-state index in [1.807, 2.05) is 67.6 Å². The van der Waals surface area contributed by atoms with Gasteiger partial charge in [-0.15, -0.1) is 0 Å². The van der Waals surface area contributed by atoms with Crippen LogP contribution >= 0.6 is 0 Å². The van der Waals surface area contributed by atoms with Gasteiger partial charge in [0.2, 0.25) is 0 Å². The first-order chi connectivity index (χ1) is 13.7. The van der Waals surface area contributed by atoms with Crippen molar-refractivity contribution < 1.29 is 9.47 Å². The highest BCUT2D eigenvalue weighted by atomic mass is 16.5. The average Bonchev–Trinajstić information content (AvgIpc) is 2.71. The molecular formula is C22H24N2O4. The summed E-state index contributed by atoms with van der Waals surface area (Å²) >= 11 is 0. The number of benzene rings is 2. The van der Waals surface area contributed by atoms with Crippen molar-refractivity contribution >= 4 is 0 Å². The van der Waals surface area contributed by atoms with Crippen molar-refractivity contribution in [2.75, 3.05) is 13.2 Å².